The van der Waals surface area contributed by atoms with E-state index in [1.54, 1.807) is 42.7 Å². The molecule has 1 atom stereocenters. The van der Waals surface area contributed by atoms with Crippen molar-refractivity contribution in [2.45, 2.75) is 24.5 Å². The molecule has 2 aromatic heterocycles. The summed E-state index contributed by atoms with van der Waals surface area (Å²) in [6.07, 6.45) is 3.21. The zero-order chi connectivity index (χ0) is 20.4. The van der Waals surface area contributed by atoms with E-state index >= 15 is 0 Å². The Labute approximate surface area is 165 Å². The molecule has 0 bridgehead atoms. The molecule has 0 unspecified atom stereocenters. The third-order valence-corrected chi connectivity index (χ3v) is 5.45. The number of carbonyl (C=O) groups is 1. The van der Waals surface area contributed by atoms with Crippen molar-refractivity contribution >= 4 is 21.8 Å². The number of hydrogen-bond donors (Lipinski definition) is 1. The van der Waals surface area contributed by atoms with Crippen LogP contribution in [0.2, 0.25) is 0 Å². The number of fused-ring (bicyclic) bond motifs is 1. The van der Waals surface area contributed by atoms with Crippen molar-refractivity contribution in [1.82, 2.24) is 19.8 Å². The highest BCUT2D eigenvalue weighted by molar-refractivity contribution is 7.90. The van der Waals surface area contributed by atoms with Crippen molar-refractivity contribution < 1.29 is 22.5 Å². The summed E-state index contributed by atoms with van der Waals surface area (Å²) in [5.74, 6) is -0.123. The van der Waals surface area contributed by atoms with Gasteiger partial charge in [-0.25, -0.2) is 13.2 Å². The minimum Gasteiger partial charge on any atom is -0.454 e. The molecular weight excluding hydrogens is 398 g/mol. The van der Waals surface area contributed by atoms with E-state index < -0.39 is 22.0 Å². The third kappa shape index (κ3) is 3.85. The molecule has 1 aliphatic heterocycles. The van der Waals surface area contributed by atoms with Crippen LogP contribution in [-0.4, -0.2) is 41.4 Å². The lowest BCUT2D eigenvalue weighted by Crippen LogP contribution is -2.26. The lowest BCUT2D eigenvalue weighted by molar-refractivity contribution is -0.146. The van der Waals surface area contributed by atoms with Crippen LogP contribution in [0.1, 0.15) is 18.4 Å². The molecule has 0 fully saturated rings. The summed E-state index contributed by atoms with van der Waals surface area (Å²) in [5, 5.41) is 3.81. The number of aliphatic imine (C=N–C) groups is 1. The zero-order valence-electron chi connectivity index (χ0n) is 15.1. The molecule has 1 aliphatic rings. The molecule has 11 heteroatoms. The Balaban J connectivity index is 1.42. The van der Waals surface area contributed by atoms with Crippen LogP contribution < -0.4 is 4.72 Å². The van der Waals surface area contributed by atoms with E-state index in [0.717, 1.165) is 0 Å². The molecule has 0 radical (unpaired) electrons. The second-order valence-corrected chi connectivity index (χ2v) is 7.77. The summed E-state index contributed by atoms with van der Waals surface area (Å²) in [6.45, 7) is 1.27. The fraction of sp³-hybridized carbons (Fsp3) is 0.167. The van der Waals surface area contributed by atoms with E-state index in [1.165, 1.54) is 13.0 Å². The number of carbonyl (C=O) groups excluding carboxylic acids is 1. The quantitative estimate of drug-likeness (QED) is 0.618. The maximum absolute atomic E-state index is 12.2. The highest BCUT2D eigenvalue weighted by atomic mass is 32.2. The van der Waals surface area contributed by atoms with Crippen LogP contribution in [0.4, 0.5) is 0 Å². The van der Waals surface area contributed by atoms with Crippen molar-refractivity contribution in [2.75, 3.05) is 0 Å². The number of benzene rings is 1. The zero-order valence-corrected chi connectivity index (χ0v) is 16.0. The molecule has 0 saturated carbocycles. The molecule has 3 aromatic rings. The highest BCUT2D eigenvalue weighted by Crippen LogP contribution is 2.22. The second kappa shape index (κ2) is 7.43. The van der Waals surface area contributed by atoms with Crippen LogP contribution in [0.5, 0.6) is 0 Å². The highest BCUT2D eigenvalue weighted by Gasteiger charge is 2.31. The third-order valence-electron chi connectivity index (χ3n) is 4.05. The molecule has 29 heavy (non-hydrogen) atoms. The first kappa shape index (κ1) is 18.7. The first-order valence-corrected chi connectivity index (χ1v) is 10.0. The van der Waals surface area contributed by atoms with Crippen molar-refractivity contribution in [2.24, 2.45) is 4.99 Å². The van der Waals surface area contributed by atoms with Gasteiger partial charge in [-0.2, -0.15) is 4.98 Å². The van der Waals surface area contributed by atoms with E-state index in [2.05, 4.69) is 24.8 Å². The molecule has 0 aliphatic carbocycles. The molecule has 10 nitrogen and oxygen atoms in total. The average Bonchev–Trinajstić information content (AvgIpc) is 3.30. The Bertz CT molecular complexity index is 1190. The smallest absolute Gasteiger partial charge is 0.331 e. The number of rotatable bonds is 5. The molecule has 3 heterocycles. The molecule has 0 saturated heterocycles. The van der Waals surface area contributed by atoms with Gasteiger partial charge < -0.3 is 9.26 Å². The molecule has 0 amide bonds. The van der Waals surface area contributed by atoms with E-state index in [4.69, 9.17) is 9.26 Å². The Morgan fingerprint density at radius 1 is 1.28 bits per heavy atom. The van der Waals surface area contributed by atoms with Crippen LogP contribution in [0.15, 0.2) is 63.2 Å². The summed E-state index contributed by atoms with van der Waals surface area (Å²) < 4.78 is 36.8. The number of nitrogens with zero attached hydrogens (tertiary/aromatic N) is 4. The lowest BCUT2D eigenvalue weighted by atomic mass is 10.2. The predicted molar refractivity (Wildman–Crippen MR) is 100 cm³/mol. The number of sulfonamides is 1. The number of amidine groups is 1. The summed E-state index contributed by atoms with van der Waals surface area (Å²) in [6, 6.07) is 8.95. The maximum atomic E-state index is 12.2. The summed E-state index contributed by atoms with van der Waals surface area (Å²) in [5.41, 5.74) is 1.07. The van der Waals surface area contributed by atoms with E-state index in [1.807, 2.05) is 0 Å². The average molecular weight is 413 g/mol. The van der Waals surface area contributed by atoms with Gasteiger partial charge in [-0.05, 0) is 31.2 Å². The van der Waals surface area contributed by atoms with Gasteiger partial charge in [-0.15, -0.1) is 0 Å². The van der Waals surface area contributed by atoms with E-state index in [9.17, 15) is 13.2 Å². The number of ether oxygens (including phenoxy) is 1. The maximum Gasteiger partial charge on any atom is 0.331 e. The minimum atomic E-state index is -3.68. The molecule has 1 N–H and O–H groups in total. The van der Waals surface area contributed by atoms with Gasteiger partial charge in [0.05, 0.1) is 4.90 Å². The normalized spacial score (nSPS) is 16.8. The van der Waals surface area contributed by atoms with Crippen LogP contribution in [-0.2, 0) is 26.2 Å². The topological polar surface area (TPSA) is 137 Å². The predicted octanol–water partition coefficient (Wildman–Crippen LogP) is 1.30. The van der Waals surface area contributed by atoms with Gasteiger partial charge in [0.1, 0.15) is 11.9 Å². The SMILES string of the molecule is C[C@H](N=C1NS(=O)(=O)c2ccccc21)C(=O)OCc1nc(-c2cccnc2)no1. The standard InChI is InChI=1S/C18H15N5O5S/c1-11(20-17-13-6-2-3-7-14(13)29(25,26)23-17)18(24)27-10-15-21-16(22-28-15)12-5-4-8-19-9-12/h2-9,11H,10H2,1H3,(H,20,23)/t11-/m0/s1. The second-order valence-electron chi connectivity index (χ2n) is 6.12. The molecule has 4 rings (SSSR count). The lowest BCUT2D eigenvalue weighted by Gasteiger charge is -2.07. The van der Waals surface area contributed by atoms with Crippen LogP contribution in [0.25, 0.3) is 11.4 Å². The van der Waals surface area contributed by atoms with Gasteiger partial charge in [-0.1, -0.05) is 17.3 Å². The molecular formula is C18H15N5O5S. The summed E-state index contributed by atoms with van der Waals surface area (Å²) in [7, 11) is -3.68. The summed E-state index contributed by atoms with van der Waals surface area (Å²) >= 11 is 0. The molecule has 0 spiro atoms. The van der Waals surface area contributed by atoms with Gasteiger partial charge in [0.25, 0.3) is 15.9 Å². The minimum absolute atomic E-state index is 0.0988. The van der Waals surface area contributed by atoms with E-state index in [-0.39, 0.29) is 23.2 Å². The van der Waals surface area contributed by atoms with E-state index in [0.29, 0.717) is 17.0 Å². The largest absolute Gasteiger partial charge is 0.454 e. The number of aromatic nitrogens is 3. The molecule has 148 valence electrons. The number of hydrogen-bond acceptors (Lipinski definition) is 9. The number of nitrogens with one attached hydrogen (secondary N) is 1. The van der Waals surface area contributed by atoms with Crippen LogP contribution in [0, 0.1) is 0 Å². The Morgan fingerprint density at radius 3 is 2.90 bits per heavy atom. The first-order valence-electron chi connectivity index (χ1n) is 8.54. The van der Waals surface area contributed by atoms with Crippen molar-refractivity contribution in [3.63, 3.8) is 0 Å². The van der Waals surface area contributed by atoms with Crippen LogP contribution >= 0.6 is 0 Å². The monoisotopic (exact) mass is 413 g/mol. The van der Waals surface area contributed by atoms with Gasteiger partial charge >= 0.3 is 5.97 Å². The summed E-state index contributed by atoms with van der Waals surface area (Å²) in [4.78, 5) is 24.6. The number of pyridine rings is 1. The van der Waals surface area contributed by atoms with Crippen molar-refractivity contribution in [3.8, 4) is 11.4 Å². The van der Waals surface area contributed by atoms with Gasteiger partial charge in [0.2, 0.25) is 5.82 Å². The fourth-order valence-electron chi connectivity index (χ4n) is 2.66. The Hall–Kier alpha value is -3.60. The van der Waals surface area contributed by atoms with Gasteiger partial charge in [0.15, 0.2) is 6.61 Å². The molecule has 1 aromatic carbocycles. The fourth-order valence-corrected chi connectivity index (χ4v) is 3.89. The van der Waals surface area contributed by atoms with Crippen molar-refractivity contribution in [1.29, 1.82) is 0 Å². The Kier molecular flexibility index (Phi) is 4.80. The van der Waals surface area contributed by atoms with Crippen molar-refractivity contribution in [3.05, 3.63) is 60.2 Å². The Morgan fingerprint density at radius 2 is 2.10 bits per heavy atom. The van der Waals surface area contributed by atoms with Crippen LogP contribution in [0.3, 0.4) is 0 Å². The van der Waals surface area contributed by atoms with Gasteiger partial charge in [-0.3, -0.25) is 14.7 Å². The first-order chi connectivity index (χ1) is 13.9. The number of esters is 1. The van der Waals surface area contributed by atoms with Gasteiger partial charge in [0, 0.05) is 23.5 Å².